The Morgan fingerprint density at radius 1 is 1.08 bits per heavy atom. The smallest absolute Gasteiger partial charge is 0.119 e. The van der Waals surface area contributed by atoms with E-state index in [9.17, 15) is 0 Å². The van der Waals surface area contributed by atoms with E-state index in [0.29, 0.717) is 11.8 Å². The SMILES string of the molecule is COc1cccc([C@@H]2CC(=Cc3ccccc3)CC[C@H]2CN(C)C)c1. The first-order valence-electron chi connectivity index (χ1n) is 9.19. The number of allylic oxidation sites excluding steroid dienone is 1. The number of methoxy groups -OCH3 is 1. The van der Waals surface area contributed by atoms with Crippen molar-refractivity contribution in [3.05, 3.63) is 71.3 Å². The molecule has 0 aromatic heterocycles. The zero-order chi connectivity index (χ0) is 17.6. The molecule has 0 bridgehead atoms. The molecule has 0 heterocycles. The van der Waals surface area contributed by atoms with Gasteiger partial charge in [-0.15, -0.1) is 0 Å². The lowest BCUT2D eigenvalue weighted by atomic mass is 9.73. The van der Waals surface area contributed by atoms with Crippen molar-refractivity contribution in [1.29, 1.82) is 0 Å². The summed E-state index contributed by atoms with van der Waals surface area (Å²) in [4.78, 5) is 2.32. The summed E-state index contributed by atoms with van der Waals surface area (Å²) in [6.45, 7) is 1.14. The van der Waals surface area contributed by atoms with Gasteiger partial charge in [0.15, 0.2) is 0 Å². The van der Waals surface area contributed by atoms with Gasteiger partial charge < -0.3 is 9.64 Å². The summed E-state index contributed by atoms with van der Waals surface area (Å²) in [6.07, 6.45) is 5.98. The summed E-state index contributed by atoms with van der Waals surface area (Å²) >= 11 is 0. The van der Waals surface area contributed by atoms with Crippen molar-refractivity contribution in [2.45, 2.75) is 25.2 Å². The maximum atomic E-state index is 5.46. The van der Waals surface area contributed by atoms with Gasteiger partial charge >= 0.3 is 0 Å². The van der Waals surface area contributed by atoms with Crippen LogP contribution in [0.5, 0.6) is 5.75 Å². The normalized spacial score (nSPS) is 22.3. The minimum absolute atomic E-state index is 0.557. The number of hydrogen-bond donors (Lipinski definition) is 0. The van der Waals surface area contributed by atoms with Gasteiger partial charge in [-0.3, -0.25) is 0 Å². The average molecular weight is 335 g/mol. The molecule has 2 aromatic carbocycles. The van der Waals surface area contributed by atoms with Gasteiger partial charge in [0.25, 0.3) is 0 Å². The standard InChI is InChI=1S/C23H29NO/c1-24(2)17-21-13-12-19(14-18-8-5-4-6-9-18)15-23(21)20-10-7-11-22(16-20)25-3/h4-11,14,16,21,23H,12-13,15,17H2,1-3H3/t21-,23-/m0/s1. The zero-order valence-electron chi connectivity index (χ0n) is 15.6. The Morgan fingerprint density at radius 3 is 2.60 bits per heavy atom. The highest BCUT2D eigenvalue weighted by Gasteiger charge is 2.29. The first-order valence-corrected chi connectivity index (χ1v) is 9.19. The van der Waals surface area contributed by atoms with Crippen LogP contribution < -0.4 is 4.74 Å². The molecule has 0 spiro atoms. The molecule has 3 rings (SSSR count). The Balaban J connectivity index is 1.86. The zero-order valence-corrected chi connectivity index (χ0v) is 15.6. The number of rotatable bonds is 5. The predicted molar refractivity (Wildman–Crippen MR) is 106 cm³/mol. The minimum Gasteiger partial charge on any atom is -0.497 e. The molecule has 2 atom stereocenters. The van der Waals surface area contributed by atoms with E-state index in [1.54, 1.807) is 12.7 Å². The van der Waals surface area contributed by atoms with Crippen LogP contribution >= 0.6 is 0 Å². The van der Waals surface area contributed by atoms with Gasteiger partial charge in [-0.1, -0.05) is 54.1 Å². The average Bonchev–Trinajstić information content (AvgIpc) is 2.63. The minimum atomic E-state index is 0.557. The summed E-state index contributed by atoms with van der Waals surface area (Å²) in [5, 5.41) is 0. The maximum absolute atomic E-state index is 5.46. The molecular weight excluding hydrogens is 306 g/mol. The second kappa shape index (κ2) is 8.35. The van der Waals surface area contributed by atoms with Crippen molar-refractivity contribution in [2.75, 3.05) is 27.7 Å². The first kappa shape index (κ1) is 17.8. The van der Waals surface area contributed by atoms with Crippen LogP contribution in [-0.4, -0.2) is 32.6 Å². The fourth-order valence-corrected chi connectivity index (χ4v) is 3.99. The van der Waals surface area contributed by atoms with E-state index in [0.717, 1.165) is 18.7 Å². The van der Waals surface area contributed by atoms with Gasteiger partial charge in [0.05, 0.1) is 7.11 Å². The van der Waals surface area contributed by atoms with Gasteiger partial charge in [0.1, 0.15) is 5.75 Å². The molecule has 132 valence electrons. The van der Waals surface area contributed by atoms with Crippen LogP contribution in [0.3, 0.4) is 0 Å². The van der Waals surface area contributed by atoms with Gasteiger partial charge in [-0.25, -0.2) is 0 Å². The van der Waals surface area contributed by atoms with Crippen molar-refractivity contribution < 1.29 is 4.74 Å². The molecule has 25 heavy (non-hydrogen) atoms. The van der Waals surface area contributed by atoms with E-state index in [2.05, 4.69) is 73.6 Å². The van der Waals surface area contributed by atoms with Crippen molar-refractivity contribution in [2.24, 2.45) is 5.92 Å². The van der Waals surface area contributed by atoms with Gasteiger partial charge in [-0.2, -0.15) is 0 Å². The van der Waals surface area contributed by atoms with Crippen LogP contribution in [-0.2, 0) is 0 Å². The quantitative estimate of drug-likeness (QED) is 0.742. The van der Waals surface area contributed by atoms with E-state index in [4.69, 9.17) is 4.74 Å². The number of nitrogens with zero attached hydrogens (tertiary/aromatic N) is 1. The third-order valence-corrected chi connectivity index (χ3v) is 5.18. The molecular formula is C23H29NO. The van der Waals surface area contributed by atoms with Crippen LogP contribution in [0.25, 0.3) is 6.08 Å². The molecule has 2 aromatic rings. The monoisotopic (exact) mass is 335 g/mol. The molecule has 1 fully saturated rings. The Bertz CT molecular complexity index is 705. The highest BCUT2D eigenvalue weighted by Crippen LogP contribution is 2.42. The van der Waals surface area contributed by atoms with E-state index in [-0.39, 0.29) is 0 Å². The van der Waals surface area contributed by atoms with Crippen molar-refractivity contribution in [3.8, 4) is 5.75 Å². The highest BCUT2D eigenvalue weighted by molar-refractivity contribution is 5.53. The molecule has 2 nitrogen and oxygen atoms in total. The molecule has 0 radical (unpaired) electrons. The number of benzene rings is 2. The van der Waals surface area contributed by atoms with E-state index >= 15 is 0 Å². The summed E-state index contributed by atoms with van der Waals surface area (Å²) in [5.74, 6) is 2.21. The van der Waals surface area contributed by atoms with Crippen LogP contribution in [0.1, 0.15) is 36.3 Å². The second-order valence-corrected chi connectivity index (χ2v) is 7.36. The topological polar surface area (TPSA) is 12.5 Å². The lowest BCUT2D eigenvalue weighted by molar-refractivity contribution is 0.256. The molecule has 0 unspecified atom stereocenters. The molecule has 1 aliphatic rings. The van der Waals surface area contributed by atoms with Crippen molar-refractivity contribution in [1.82, 2.24) is 4.90 Å². The molecule has 0 aliphatic heterocycles. The van der Waals surface area contributed by atoms with Gasteiger partial charge in [-0.05, 0) is 68.5 Å². The van der Waals surface area contributed by atoms with Gasteiger partial charge in [0, 0.05) is 6.54 Å². The van der Waals surface area contributed by atoms with Crippen molar-refractivity contribution in [3.63, 3.8) is 0 Å². The number of hydrogen-bond acceptors (Lipinski definition) is 2. The summed E-state index contributed by atoms with van der Waals surface area (Å²) < 4.78 is 5.46. The first-order chi connectivity index (χ1) is 12.2. The second-order valence-electron chi connectivity index (χ2n) is 7.36. The van der Waals surface area contributed by atoms with Crippen LogP contribution in [0.2, 0.25) is 0 Å². The molecule has 0 amide bonds. The Hall–Kier alpha value is -2.06. The summed E-state index contributed by atoms with van der Waals surface area (Å²) in [5.41, 5.74) is 4.28. The largest absolute Gasteiger partial charge is 0.497 e. The van der Waals surface area contributed by atoms with E-state index in [1.807, 2.05) is 6.07 Å². The van der Waals surface area contributed by atoms with Crippen LogP contribution in [0, 0.1) is 5.92 Å². The lowest BCUT2D eigenvalue weighted by Crippen LogP contribution is -2.29. The van der Waals surface area contributed by atoms with E-state index in [1.165, 1.54) is 24.0 Å². The Kier molecular flexibility index (Phi) is 5.93. The molecule has 0 saturated heterocycles. The maximum Gasteiger partial charge on any atom is 0.119 e. The van der Waals surface area contributed by atoms with Crippen LogP contribution in [0.15, 0.2) is 60.2 Å². The number of ether oxygens (including phenoxy) is 1. The van der Waals surface area contributed by atoms with Gasteiger partial charge in [0.2, 0.25) is 0 Å². The predicted octanol–water partition coefficient (Wildman–Crippen LogP) is 5.22. The van der Waals surface area contributed by atoms with Crippen molar-refractivity contribution >= 4 is 6.08 Å². The third kappa shape index (κ3) is 4.73. The van der Waals surface area contributed by atoms with E-state index < -0.39 is 0 Å². The highest BCUT2D eigenvalue weighted by atomic mass is 16.5. The molecule has 2 heteroatoms. The Labute approximate surface area is 152 Å². The Morgan fingerprint density at radius 2 is 1.88 bits per heavy atom. The molecule has 0 N–H and O–H groups in total. The van der Waals surface area contributed by atoms with Crippen LogP contribution in [0.4, 0.5) is 0 Å². The third-order valence-electron chi connectivity index (χ3n) is 5.18. The summed E-state index contributed by atoms with van der Waals surface area (Å²) in [7, 11) is 6.11. The molecule has 1 aliphatic carbocycles. The lowest BCUT2D eigenvalue weighted by Gasteiger charge is -2.35. The fourth-order valence-electron chi connectivity index (χ4n) is 3.99. The molecule has 1 saturated carbocycles. The fraction of sp³-hybridized carbons (Fsp3) is 0.391. The summed E-state index contributed by atoms with van der Waals surface area (Å²) in [6, 6.07) is 19.3.